The Hall–Kier alpha value is 0.250. The first-order valence-corrected chi connectivity index (χ1v) is 4.85. The number of hydrogen-bond acceptors (Lipinski definition) is 1. The summed E-state index contributed by atoms with van der Waals surface area (Å²) in [5.41, 5.74) is 0. The van der Waals surface area contributed by atoms with Crippen LogP contribution in [0.5, 0.6) is 0 Å². The summed E-state index contributed by atoms with van der Waals surface area (Å²) in [4.78, 5) is 2.30. The van der Waals surface area contributed by atoms with E-state index in [0.717, 1.165) is 6.04 Å². The molecule has 0 aliphatic carbocycles. The van der Waals surface area contributed by atoms with E-state index in [9.17, 15) is 0 Å². The zero-order valence-electron chi connectivity index (χ0n) is 8.97. The van der Waals surface area contributed by atoms with Crippen LogP contribution in [-0.2, 0) is 0 Å². The first-order chi connectivity index (χ1) is 5.18. The van der Waals surface area contributed by atoms with Crippen LogP contribution in [0, 0.1) is 0 Å². The van der Waals surface area contributed by atoms with Crippen molar-refractivity contribution in [3.8, 4) is 0 Å². The van der Waals surface area contributed by atoms with Gasteiger partial charge in [-0.2, -0.15) is 0 Å². The number of halogens is 1. The van der Waals surface area contributed by atoms with Gasteiger partial charge in [0.15, 0.2) is 0 Å². The molecule has 0 heterocycles. The van der Waals surface area contributed by atoms with Gasteiger partial charge in [-0.1, -0.05) is 32.6 Å². The van der Waals surface area contributed by atoms with E-state index in [4.69, 9.17) is 0 Å². The molecule has 0 bridgehead atoms. The number of hydrogen-bond donors (Lipinski definition) is 0. The summed E-state index contributed by atoms with van der Waals surface area (Å²) in [6.07, 6.45) is 6.91. The van der Waals surface area contributed by atoms with E-state index in [1.54, 1.807) is 0 Å². The van der Waals surface area contributed by atoms with Gasteiger partial charge < -0.3 is 4.90 Å². The molecule has 1 unspecified atom stereocenters. The Kier molecular flexibility index (Phi) is 11.5. The lowest BCUT2D eigenvalue weighted by molar-refractivity contribution is 0.291. The highest BCUT2D eigenvalue weighted by molar-refractivity contribution is 5.85. The molecule has 1 atom stereocenters. The molecule has 0 saturated heterocycles. The minimum Gasteiger partial charge on any atom is -0.307 e. The van der Waals surface area contributed by atoms with Crippen LogP contribution in [-0.4, -0.2) is 25.0 Å². The summed E-state index contributed by atoms with van der Waals surface area (Å²) < 4.78 is 0. The van der Waals surface area contributed by atoms with E-state index in [2.05, 4.69) is 32.8 Å². The molecule has 0 rings (SSSR count). The fraction of sp³-hybridized carbons (Fsp3) is 1.00. The van der Waals surface area contributed by atoms with Crippen LogP contribution < -0.4 is 0 Å². The monoisotopic (exact) mass is 193 g/mol. The van der Waals surface area contributed by atoms with E-state index in [0.29, 0.717) is 0 Å². The second kappa shape index (κ2) is 9.34. The highest BCUT2D eigenvalue weighted by atomic mass is 35.5. The number of rotatable bonds is 6. The maximum Gasteiger partial charge on any atom is 0.00608 e. The van der Waals surface area contributed by atoms with Crippen molar-refractivity contribution < 1.29 is 0 Å². The fourth-order valence-electron chi connectivity index (χ4n) is 1.12. The molecule has 2 heteroatoms. The van der Waals surface area contributed by atoms with Crippen LogP contribution in [0.25, 0.3) is 0 Å². The van der Waals surface area contributed by atoms with Crippen molar-refractivity contribution in [2.45, 2.75) is 52.0 Å². The average Bonchev–Trinajstić information content (AvgIpc) is 1.97. The quantitative estimate of drug-likeness (QED) is 0.585. The third-order valence-corrected chi connectivity index (χ3v) is 2.36. The summed E-state index contributed by atoms with van der Waals surface area (Å²) in [5, 5.41) is 0. The summed E-state index contributed by atoms with van der Waals surface area (Å²) in [5.74, 6) is 0. The molecule has 0 aliphatic rings. The predicted molar refractivity (Wildman–Crippen MR) is 59.2 cm³/mol. The van der Waals surface area contributed by atoms with Gasteiger partial charge in [-0.15, -0.1) is 12.4 Å². The van der Waals surface area contributed by atoms with Gasteiger partial charge in [-0.3, -0.25) is 0 Å². The lowest BCUT2D eigenvalue weighted by Gasteiger charge is -2.19. The third kappa shape index (κ3) is 8.35. The lowest BCUT2D eigenvalue weighted by Crippen LogP contribution is -2.24. The summed E-state index contributed by atoms with van der Waals surface area (Å²) in [6.45, 7) is 4.56. The smallest absolute Gasteiger partial charge is 0.00608 e. The lowest BCUT2D eigenvalue weighted by atomic mass is 10.1. The van der Waals surface area contributed by atoms with Gasteiger partial charge in [0.25, 0.3) is 0 Å². The number of nitrogens with zero attached hydrogens (tertiary/aromatic N) is 1. The minimum atomic E-state index is 0. The van der Waals surface area contributed by atoms with Gasteiger partial charge >= 0.3 is 0 Å². The van der Waals surface area contributed by atoms with Crippen LogP contribution in [0.4, 0.5) is 0 Å². The van der Waals surface area contributed by atoms with E-state index >= 15 is 0 Å². The first kappa shape index (κ1) is 14.8. The van der Waals surface area contributed by atoms with Crippen LogP contribution in [0.2, 0.25) is 0 Å². The van der Waals surface area contributed by atoms with Crippen LogP contribution in [0.3, 0.4) is 0 Å². The average molecular weight is 194 g/mol. The van der Waals surface area contributed by atoms with Crippen molar-refractivity contribution in [1.29, 1.82) is 0 Å². The van der Waals surface area contributed by atoms with E-state index < -0.39 is 0 Å². The van der Waals surface area contributed by atoms with E-state index in [1.165, 1.54) is 32.1 Å². The molecular weight excluding hydrogens is 170 g/mol. The van der Waals surface area contributed by atoms with E-state index in [1.807, 2.05) is 0 Å². The normalized spacial score (nSPS) is 12.8. The molecule has 0 aromatic carbocycles. The zero-order chi connectivity index (χ0) is 8.69. The standard InChI is InChI=1S/C10H23N.ClH/c1-5-6-7-8-9-10(2)11(3)4;/h10H,5-9H2,1-4H3;1H. The number of unbranched alkanes of at least 4 members (excludes halogenated alkanes) is 3. The molecule has 0 saturated carbocycles. The highest BCUT2D eigenvalue weighted by Gasteiger charge is 2.02. The maximum absolute atomic E-state index is 2.30. The fourth-order valence-corrected chi connectivity index (χ4v) is 1.12. The van der Waals surface area contributed by atoms with Crippen LogP contribution >= 0.6 is 12.4 Å². The van der Waals surface area contributed by atoms with Gasteiger partial charge in [0.05, 0.1) is 0 Å². The maximum atomic E-state index is 2.30. The Morgan fingerprint density at radius 1 is 1.08 bits per heavy atom. The van der Waals surface area contributed by atoms with Gasteiger partial charge in [-0.25, -0.2) is 0 Å². The van der Waals surface area contributed by atoms with Crippen molar-refractivity contribution >= 4 is 12.4 Å². The third-order valence-electron chi connectivity index (χ3n) is 2.36. The molecule has 0 spiro atoms. The Morgan fingerprint density at radius 2 is 1.67 bits per heavy atom. The Labute approximate surface area is 83.9 Å². The largest absolute Gasteiger partial charge is 0.307 e. The molecule has 0 fully saturated rings. The molecule has 76 valence electrons. The molecule has 0 N–H and O–H groups in total. The SMILES string of the molecule is CCCCCCC(C)N(C)C.Cl. The topological polar surface area (TPSA) is 3.24 Å². The molecule has 1 nitrogen and oxygen atoms in total. The molecule has 0 aromatic heterocycles. The van der Waals surface area contributed by atoms with Crippen molar-refractivity contribution in [2.75, 3.05) is 14.1 Å². The van der Waals surface area contributed by atoms with Crippen molar-refractivity contribution in [1.82, 2.24) is 4.90 Å². The second-order valence-corrected chi connectivity index (χ2v) is 3.66. The Bertz CT molecular complexity index is 83.9. The van der Waals surface area contributed by atoms with Crippen molar-refractivity contribution in [3.63, 3.8) is 0 Å². The Balaban J connectivity index is 0. The van der Waals surface area contributed by atoms with Crippen molar-refractivity contribution in [2.24, 2.45) is 0 Å². The van der Waals surface area contributed by atoms with E-state index in [-0.39, 0.29) is 12.4 Å². The molecule has 0 radical (unpaired) electrons. The van der Waals surface area contributed by atoms with Gasteiger partial charge in [0, 0.05) is 6.04 Å². The summed E-state index contributed by atoms with van der Waals surface area (Å²) >= 11 is 0. The zero-order valence-corrected chi connectivity index (χ0v) is 9.78. The molecule has 0 amide bonds. The van der Waals surface area contributed by atoms with Gasteiger partial charge in [0.2, 0.25) is 0 Å². The molecule has 12 heavy (non-hydrogen) atoms. The molecular formula is C10H24ClN. The second-order valence-electron chi connectivity index (χ2n) is 3.66. The van der Waals surface area contributed by atoms with Crippen LogP contribution in [0.1, 0.15) is 46.0 Å². The van der Waals surface area contributed by atoms with Gasteiger partial charge in [0.1, 0.15) is 0 Å². The molecule has 0 aliphatic heterocycles. The molecule has 0 aromatic rings. The van der Waals surface area contributed by atoms with Crippen LogP contribution in [0.15, 0.2) is 0 Å². The minimum absolute atomic E-state index is 0. The van der Waals surface area contributed by atoms with Crippen molar-refractivity contribution in [3.05, 3.63) is 0 Å². The summed E-state index contributed by atoms with van der Waals surface area (Å²) in [6, 6.07) is 0.756. The Morgan fingerprint density at radius 3 is 2.08 bits per heavy atom. The predicted octanol–water partition coefficient (Wildman–Crippen LogP) is 3.33. The van der Waals surface area contributed by atoms with Gasteiger partial charge in [-0.05, 0) is 27.4 Å². The first-order valence-electron chi connectivity index (χ1n) is 4.85. The highest BCUT2D eigenvalue weighted by Crippen LogP contribution is 2.07. The summed E-state index contributed by atoms with van der Waals surface area (Å²) in [7, 11) is 4.31.